The summed E-state index contributed by atoms with van der Waals surface area (Å²) in [7, 11) is 4.20. The quantitative estimate of drug-likeness (QED) is 0.825. The van der Waals surface area contributed by atoms with Crippen LogP contribution in [0.5, 0.6) is 0 Å². The summed E-state index contributed by atoms with van der Waals surface area (Å²) in [5.74, 6) is 0.824. The lowest BCUT2D eigenvalue weighted by atomic mass is 9.98. The van der Waals surface area contributed by atoms with E-state index in [4.69, 9.17) is 0 Å². The summed E-state index contributed by atoms with van der Waals surface area (Å²) in [6.07, 6.45) is 3.84. The van der Waals surface area contributed by atoms with Crippen LogP contribution >= 0.6 is 0 Å². The monoisotopic (exact) mass is 343 g/mol. The standard InChI is InChI=1S/C20H29N3O2/c1-4-6-16-13-22(14-18(16)21(2)3)20(25)15-8-10-17(11-9-15)23-12-5-7-19(23)24/h8-11,16,18H,4-7,12-14H2,1-3H3/t16-,18-/m1/s1. The van der Waals surface area contributed by atoms with Gasteiger partial charge in [0.15, 0.2) is 0 Å². The van der Waals surface area contributed by atoms with Crippen molar-refractivity contribution in [2.24, 2.45) is 5.92 Å². The fraction of sp³-hybridized carbons (Fsp3) is 0.600. The van der Waals surface area contributed by atoms with E-state index < -0.39 is 0 Å². The van der Waals surface area contributed by atoms with Gasteiger partial charge < -0.3 is 14.7 Å². The number of likely N-dealkylation sites (tertiary alicyclic amines) is 1. The molecule has 2 aliphatic rings. The fourth-order valence-electron chi connectivity index (χ4n) is 4.15. The Morgan fingerprint density at radius 2 is 1.92 bits per heavy atom. The summed E-state index contributed by atoms with van der Waals surface area (Å²) < 4.78 is 0. The van der Waals surface area contributed by atoms with Crippen LogP contribution in [0, 0.1) is 5.92 Å². The van der Waals surface area contributed by atoms with Crippen LogP contribution in [0.3, 0.4) is 0 Å². The Morgan fingerprint density at radius 1 is 1.20 bits per heavy atom. The van der Waals surface area contributed by atoms with Gasteiger partial charge >= 0.3 is 0 Å². The van der Waals surface area contributed by atoms with Gasteiger partial charge in [-0.3, -0.25) is 9.59 Å². The molecule has 2 saturated heterocycles. The molecule has 0 aliphatic carbocycles. The van der Waals surface area contributed by atoms with Gasteiger partial charge in [-0.1, -0.05) is 13.3 Å². The summed E-state index contributed by atoms with van der Waals surface area (Å²) in [5.41, 5.74) is 1.61. The van der Waals surface area contributed by atoms with Crippen LogP contribution in [0.2, 0.25) is 0 Å². The van der Waals surface area contributed by atoms with Gasteiger partial charge in [0.1, 0.15) is 0 Å². The van der Waals surface area contributed by atoms with E-state index in [0.29, 0.717) is 23.9 Å². The Bertz CT molecular complexity index is 626. The average molecular weight is 343 g/mol. The predicted octanol–water partition coefficient (Wildman–Crippen LogP) is 2.62. The van der Waals surface area contributed by atoms with Gasteiger partial charge in [-0.25, -0.2) is 0 Å². The highest BCUT2D eigenvalue weighted by Crippen LogP contribution is 2.27. The van der Waals surface area contributed by atoms with Gasteiger partial charge in [-0.15, -0.1) is 0 Å². The first-order valence-electron chi connectivity index (χ1n) is 9.37. The van der Waals surface area contributed by atoms with Crippen molar-refractivity contribution in [2.45, 2.75) is 38.6 Å². The van der Waals surface area contributed by atoms with E-state index in [-0.39, 0.29) is 11.8 Å². The van der Waals surface area contributed by atoms with Crippen LogP contribution < -0.4 is 4.90 Å². The Kier molecular flexibility index (Phi) is 5.42. The summed E-state index contributed by atoms with van der Waals surface area (Å²) in [5, 5.41) is 0. The Labute approximate surface area is 150 Å². The number of carbonyl (C=O) groups excluding carboxylic acids is 2. The Hall–Kier alpha value is -1.88. The molecule has 5 heteroatoms. The summed E-state index contributed by atoms with van der Waals surface area (Å²) in [6, 6.07) is 7.96. The second-order valence-electron chi connectivity index (χ2n) is 7.49. The molecular formula is C20H29N3O2. The van der Waals surface area contributed by atoms with Crippen molar-refractivity contribution in [1.29, 1.82) is 0 Å². The van der Waals surface area contributed by atoms with Crippen LogP contribution in [0.1, 0.15) is 43.0 Å². The first-order chi connectivity index (χ1) is 12.0. The minimum atomic E-state index is 0.102. The van der Waals surface area contributed by atoms with Gasteiger partial charge in [0.25, 0.3) is 5.91 Å². The lowest BCUT2D eigenvalue weighted by Crippen LogP contribution is -2.36. The Balaban J connectivity index is 1.69. The van der Waals surface area contributed by atoms with E-state index in [9.17, 15) is 9.59 Å². The topological polar surface area (TPSA) is 43.9 Å². The molecule has 3 rings (SSSR count). The zero-order valence-electron chi connectivity index (χ0n) is 15.6. The number of likely N-dealkylation sites (N-methyl/N-ethyl adjacent to an activating group) is 1. The molecule has 0 spiro atoms. The highest BCUT2D eigenvalue weighted by Gasteiger charge is 2.36. The van der Waals surface area contributed by atoms with Gasteiger partial charge in [-0.2, -0.15) is 0 Å². The van der Waals surface area contributed by atoms with Crippen molar-refractivity contribution >= 4 is 17.5 Å². The normalized spacial score (nSPS) is 23.8. The molecule has 0 aromatic heterocycles. The third-order valence-corrected chi connectivity index (χ3v) is 5.52. The first kappa shape index (κ1) is 17.9. The van der Waals surface area contributed by atoms with Gasteiger partial charge in [0, 0.05) is 43.3 Å². The van der Waals surface area contributed by atoms with E-state index in [2.05, 4.69) is 25.9 Å². The lowest BCUT2D eigenvalue weighted by Gasteiger charge is -2.24. The molecule has 2 heterocycles. The van der Waals surface area contributed by atoms with Crippen LogP contribution in [-0.4, -0.2) is 61.4 Å². The molecule has 2 amide bonds. The molecule has 2 atom stereocenters. The average Bonchev–Trinajstić information content (AvgIpc) is 3.21. The largest absolute Gasteiger partial charge is 0.337 e. The number of hydrogen-bond acceptors (Lipinski definition) is 3. The maximum atomic E-state index is 12.9. The van der Waals surface area contributed by atoms with Gasteiger partial charge in [0.2, 0.25) is 5.91 Å². The lowest BCUT2D eigenvalue weighted by molar-refractivity contribution is -0.117. The van der Waals surface area contributed by atoms with Crippen molar-refractivity contribution < 1.29 is 9.59 Å². The smallest absolute Gasteiger partial charge is 0.253 e. The predicted molar refractivity (Wildman–Crippen MR) is 99.8 cm³/mol. The van der Waals surface area contributed by atoms with Crippen molar-refractivity contribution in [3.63, 3.8) is 0 Å². The van der Waals surface area contributed by atoms with Crippen LogP contribution in [-0.2, 0) is 4.79 Å². The molecule has 0 unspecified atom stereocenters. The van der Waals surface area contributed by atoms with E-state index in [0.717, 1.165) is 44.6 Å². The molecule has 2 aliphatic heterocycles. The molecular weight excluding hydrogens is 314 g/mol. The van der Waals surface area contributed by atoms with E-state index in [1.54, 1.807) is 0 Å². The fourth-order valence-corrected chi connectivity index (χ4v) is 4.15. The summed E-state index contributed by atoms with van der Waals surface area (Å²) in [6.45, 7) is 4.61. The third kappa shape index (κ3) is 3.71. The minimum absolute atomic E-state index is 0.102. The van der Waals surface area contributed by atoms with E-state index in [1.165, 1.54) is 0 Å². The highest BCUT2D eigenvalue weighted by molar-refractivity contribution is 5.97. The number of rotatable bonds is 5. The highest BCUT2D eigenvalue weighted by atomic mass is 16.2. The number of amides is 2. The number of carbonyl (C=O) groups is 2. The second-order valence-corrected chi connectivity index (χ2v) is 7.49. The van der Waals surface area contributed by atoms with Crippen molar-refractivity contribution in [3.8, 4) is 0 Å². The summed E-state index contributed by atoms with van der Waals surface area (Å²) in [4.78, 5) is 30.8. The molecule has 0 saturated carbocycles. The number of anilines is 1. The van der Waals surface area contributed by atoms with Gasteiger partial charge in [0.05, 0.1) is 0 Å². The summed E-state index contributed by atoms with van der Waals surface area (Å²) >= 11 is 0. The molecule has 5 nitrogen and oxygen atoms in total. The third-order valence-electron chi connectivity index (χ3n) is 5.52. The number of nitrogens with zero attached hydrogens (tertiary/aromatic N) is 3. The number of benzene rings is 1. The molecule has 1 aromatic carbocycles. The second kappa shape index (κ2) is 7.56. The molecule has 25 heavy (non-hydrogen) atoms. The maximum absolute atomic E-state index is 12.9. The van der Waals surface area contributed by atoms with Crippen LogP contribution in [0.25, 0.3) is 0 Å². The zero-order valence-corrected chi connectivity index (χ0v) is 15.6. The molecule has 0 radical (unpaired) electrons. The first-order valence-corrected chi connectivity index (χ1v) is 9.37. The zero-order chi connectivity index (χ0) is 18.0. The van der Waals surface area contributed by atoms with E-state index in [1.807, 2.05) is 34.1 Å². The molecule has 1 aromatic rings. The molecule has 0 bridgehead atoms. The van der Waals surface area contributed by atoms with Crippen molar-refractivity contribution in [2.75, 3.05) is 38.6 Å². The van der Waals surface area contributed by atoms with Crippen molar-refractivity contribution in [3.05, 3.63) is 29.8 Å². The Morgan fingerprint density at radius 3 is 2.48 bits per heavy atom. The molecule has 136 valence electrons. The SMILES string of the molecule is CCC[C@@H]1CN(C(=O)c2ccc(N3CCCC3=O)cc2)C[C@H]1N(C)C. The molecule has 2 fully saturated rings. The van der Waals surface area contributed by atoms with Crippen LogP contribution in [0.4, 0.5) is 5.69 Å². The maximum Gasteiger partial charge on any atom is 0.253 e. The van der Waals surface area contributed by atoms with E-state index >= 15 is 0 Å². The minimum Gasteiger partial charge on any atom is -0.337 e. The molecule has 0 N–H and O–H groups in total. The van der Waals surface area contributed by atoms with Gasteiger partial charge in [-0.05, 0) is 57.1 Å². The van der Waals surface area contributed by atoms with Crippen molar-refractivity contribution in [1.82, 2.24) is 9.80 Å². The number of hydrogen-bond donors (Lipinski definition) is 0. The van der Waals surface area contributed by atoms with Crippen LogP contribution in [0.15, 0.2) is 24.3 Å².